The molecule has 1 aromatic heterocycles. The molecule has 3 nitrogen and oxygen atoms in total. The van der Waals surface area contributed by atoms with Gasteiger partial charge in [-0.25, -0.2) is 0 Å². The smallest absolute Gasteiger partial charge is 0.253 e. The average Bonchev–Trinajstić information content (AvgIpc) is 2.37. The zero-order chi connectivity index (χ0) is 13.0. The Morgan fingerprint density at radius 1 is 1.22 bits per heavy atom. The summed E-state index contributed by atoms with van der Waals surface area (Å²) in [6, 6.07) is 10.8. The van der Waals surface area contributed by atoms with Crippen LogP contribution in [-0.2, 0) is 6.54 Å². The summed E-state index contributed by atoms with van der Waals surface area (Å²) in [6.07, 6.45) is 1.76. The Morgan fingerprint density at radius 2 is 1.94 bits per heavy atom. The van der Waals surface area contributed by atoms with Crippen molar-refractivity contribution in [1.82, 2.24) is 4.57 Å². The maximum atomic E-state index is 11.7. The molecular formula is C14H14ClNO2. The maximum Gasteiger partial charge on any atom is 0.253 e. The van der Waals surface area contributed by atoms with Gasteiger partial charge in [-0.1, -0.05) is 17.7 Å². The summed E-state index contributed by atoms with van der Waals surface area (Å²) in [7, 11) is 0. The van der Waals surface area contributed by atoms with E-state index in [1.165, 1.54) is 0 Å². The summed E-state index contributed by atoms with van der Waals surface area (Å²) < 4.78 is 7.19. The number of aryl methyl sites for hydroxylation is 1. The van der Waals surface area contributed by atoms with Gasteiger partial charge in [0.2, 0.25) is 0 Å². The number of ether oxygens (including phenoxy) is 1. The van der Waals surface area contributed by atoms with Gasteiger partial charge in [0.15, 0.2) is 0 Å². The van der Waals surface area contributed by atoms with Gasteiger partial charge in [-0.15, -0.1) is 0 Å². The summed E-state index contributed by atoms with van der Waals surface area (Å²) in [5.41, 5.74) is 0.765. The monoisotopic (exact) mass is 263 g/mol. The van der Waals surface area contributed by atoms with E-state index >= 15 is 0 Å². The van der Waals surface area contributed by atoms with Gasteiger partial charge in [-0.05, 0) is 37.3 Å². The number of aromatic nitrogens is 1. The molecule has 0 aliphatic heterocycles. The summed E-state index contributed by atoms with van der Waals surface area (Å²) in [5.74, 6) is 0.750. The zero-order valence-electron chi connectivity index (χ0n) is 10.1. The molecule has 2 aromatic rings. The minimum absolute atomic E-state index is 0.0252. The van der Waals surface area contributed by atoms with E-state index < -0.39 is 0 Å². The van der Waals surface area contributed by atoms with Crippen LogP contribution < -0.4 is 10.3 Å². The van der Waals surface area contributed by atoms with Crippen molar-refractivity contribution in [2.45, 2.75) is 13.5 Å². The normalized spacial score (nSPS) is 10.3. The highest BCUT2D eigenvalue weighted by Crippen LogP contribution is 2.15. The lowest BCUT2D eigenvalue weighted by Gasteiger charge is -2.08. The predicted octanol–water partition coefficient (Wildman–Crippen LogP) is 2.89. The molecule has 0 saturated heterocycles. The lowest BCUT2D eigenvalue weighted by Crippen LogP contribution is -2.23. The van der Waals surface area contributed by atoms with Crippen molar-refractivity contribution < 1.29 is 4.74 Å². The standard InChI is InChI=1S/C14H14ClNO2/c1-11-3-2-8-16(14(11)17)9-10-18-13-6-4-12(15)5-7-13/h2-8H,9-10H2,1H3. The average molecular weight is 264 g/mol. The van der Waals surface area contributed by atoms with Crippen LogP contribution in [0, 0.1) is 6.92 Å². The van der Waals surface area contributed by atoms with Crippen molar-refractivity contribution in [1.29, 1.82) is 0 Å². The summed E-state index contributed by atoms with van der Waals surface area (Å²) in [6.45, 7) is 2.78. The molecule has 0 amide bonds. The van der Waals surface area contributed by atoms with E-state index in [4.69, 9.17) is 16.3 Å². The first-order valence-electron chi connectivity index (χ1n) is 5.71. The van der Waals surface area contributed by atoms with Crippen LogP contribution in [0.2, 0.25) is 5.02 Å². The second-order valence-electron chi connectivity index (χ2n) is 3.99. The van der Waals surface area contributed by atoms with Crippen molar-refractivity contribution in [2.75, 3.05) is 6.61 Å². The Kier molecular flexibility index (Phi) is 4.05. The molecule has 1 aromatic carbocycles. The first-order valence-corrected chi connectivity index (χ1v) is 6.09. The van der Waals surface area contributed by atoms with Crippen molar-refractivity contribution in [3.63, 3.8) is 0 Å². The minimum atomic E-state index is 0.0252. The van der Waals surface area contributed by atoms with Crippen LogP contribution in [0.4, 0.5) is 0 Å². The molecule has 0 saturated carbocycles. The van der Waals surface area contributed by atoms with Crippen molar-refractivity contribution >= 4 is 11.6 Å². The number of benzene rings is 1. The fraction of sp³-hybridized carbons (Fsp3) is 0.214. The molecule has 0 bridgehead atoms. The van der Waals surface area contributed by atoms with Gasteiger partial charge >= 0.3 is 0 Å². The third-order valence-electron chi connectivity index (χ3n) is 2.62. The SMILES string of the molecule is Cc1cccn(CCOc2ccc(Cl)cc2)c1=O. The van der Waals surface area contributed by atoms with E-state index in [0.717, 1.165) is 11.3 Å². The lowest BCUT2D eigenvalue weighted by molar-refractivity contribution is 0.296. The van der Waals surface area contributed by atoms with Crippen molar-refractivity contribution in [3.8, 4) is 5.75 Å². The van der Waals surface area contributed by atoms with Crippen LogP contribution in [0.25, 0.3) is 0 Å². The van der Waals surface area contributed by atoms with Crippen LogP contribution in [0.3, 0.4) is 0 Å². The molecule has 4 heteroatoms. The summed E-state index contributed by atoms with van der Waals surface area (Å²) in [5, 5.41) is 0.678. The maximum absolute atomic E-state index is 11.7. The van der Waals surface area contributed by atoms with E-state index in [0.29, 0.717) is 18.2 Å². The second-order valence-corrected chi connectivity index (χ2v) is 4.43. The highest BCUT2D eigenvalue weighted by atomic mass is 35.5. The van der Waals surface area contributed by atoms with E-state index in [-0.39, 0.29) is 5.56 Å². The van der Waals surface area contributed by atoms with Crippen LogP contribution >= 0.6 is 11.6 Å². The topological polar surface area (TPSA) is 31.2 Å². The van der Waals surface area contributed by atoms with Gasteiger partial charge in [0, 0.05) is 16.8 Å². The van der Waals surface area contributed by atoms with E-state index in [2.05, 4.69) is 0 Å². The van der Waals surface area contributed by atoms with Gasteiger partial charge in [0.25, 0.3) is 5.56 Å². The van der Waals surface area contributed by atoms with E-state index in [9.17, 15) is 4.79 Å². The molecule has 0 atom stereocenters. The molecule has 0 radical (unpaired) electrons. The number of halogens is 1. The first-order chi connectivity index (χ1) is 8.66. The number of nitrogens with zero attached hydrogens (tertiary/aromatic N) is 1. The first kappa shape index (κ1) is 12.7. The third-order valence-corrected chi connectivity index (χ3v) is 2.88. The van der Waals surface area contributed by atoms with Crippen molar-refractivity contribution in [2.24, 2.45) is 0 Å². The van der Waals surface area contributed by atoms with Crippen LogP contribution in [0.15, 0.2) is 47.4 Å². The molecule has 0 unspecified atom stereocenters. The van der Waals surface area contributed by atoms with Gasteiger partial charge < -0.3 is 9.30 Å². The minimum Gasteiger partial charge on any atom is -0.492 e. The number of rotatable bonds is 4. The van der Waals surface area contributed by atoms with Gasteiger partial charge in [-0.2, -0.15) is 0 Å². The molecular weight excluding hydrogens is 250 g/mol. The van der Waals surface area contributed by atoms with Gasteiger partial charge in [-0.3, -0.25) is 4.79 Å². The lowest BCUT2D eigenvalue weighted by atomic mass is 10.3. The molecule has 1 heterocycles. The summed E-state index contributed by atoms with van der Waals surface area (Å²) in [4.78, 5) is 11.7. The Balaban J connectivity index is 1.94. The Labute approximate surface area is 111 Å². The third kappa shape index (κ3) is 3.14. The van der Waals surface area contributed by atoms with E-state index in [1.54, 1.807) is 48.0 Å². The highest BCUT2D eigenvalue weighted by Gasteiger charge is 1.99. The molecule has 94 valence electrons. The Hall–Kier alpha value is -1.74. The van der Waals surface area contributed by atoms with Gasteiger partial charge in [0.05, 0.1) is 6.54 Å². The number of pyridine rings is 1. The molecule has 0 N–H and O–H groups in total. The molecule has 0 aliphatic rings. The zero-order valence-corrected chi connectivity index (χ0v) is 10.9. The molecule has 2 rings (SSSR count). The van der Waals surface area contributed by atoms with E-state index in [1.807, 2.05) is 6.07 Å². The molecule has 0 fully saturated rings. The molecule has 0 aliphatic carbocycles. The summed E-state index contributed by atoms with van der Waals surface area (Å²) >= 11 is 5.78. The van der Waals surface area contributed by atoms with Crippen LogP contribution in [0.1, 0.15) is 5.56 Å². The largest absolute Gasteiger partial charge is 0.492 e. The molecule has 0 spiro atoms. The van der Waals surface area contributed by atoms with Crippen LogP contribution in [-0.4, -0.2) is 11.2 Å². The fourth-order valence-corrected chi connectivity index (χ4v) is 1.75. The van der Waals surface area contributed by atoms with Gasteiger partial charge in [0.1, 0.15) is 12.4 Å². The number of hydrogen-bond acceptors (Lipinski definition) is 2. The fourth-order valence-electron chi connectivity index (χ4n) is 1.63. The number of hydrogen-bond donors (Lipinski definition) is 0. The Bertz CT molecular complexity index is 575. The van der Waals surface area contributed by atoms with Crippen LogP contribution in [0.5, 0.6) is 5.75 Å². The Morgan fingerprint density at radius 3 is 2.67 bits per heavy atom. The highest BCUT2D eigenvalue weighted by molar-refractivity contribution is 6.30. The predicted molar refractivity (Wildman–Crippen MR) is 72.4 cm³/mol. The van der Waals surface area contributed by atoms with Crippen molar-refractivity contribution in [3.05, 3.63) is 63.5 Å². The second kappa shape index (κ2) is 5.74. The quantitative estimate of drug-likeness (QED) is 0.849. The molecule has 18 heavy (non-hydrogen) atoms.